The third kappa shape index (κ3) is 3.85. The number of benzene rings is 2. The van der Waals surface area contributed by atoms with Gasteiger partial charge in [-0.05, 0) is 54.8 Å². The van der Waals surface area contributed by atoms with E-state index in [9.17, 15) is 0 Å². The van der Waals surface area contributed by atoms with Crippen molar-refractivity contribution in [3.63, 3.8) is 0 Å². The molecule has 1 aliphatic heterocycles. The minimum absolute atomic E-state index is 0.805. The summed E-state index contributed by atoms with van der Waals surface area (Å²) in [6, 6.07) is 12.5. The highest BCUT2D eigenvalue weighted by atomic mass is 35.5. The fourth-order valence-corrected chi connectivity index (χ4v) is 3.50. The first-order valence-electron chi connectivity index (χ1n) is 8.44. The molecule has 0 saturated carbocycles. The number of methoxy groups -OCH3 is 1. The molecule has 0 unspecified atom stereocenters. The second-order valence-corrected chi connectivity index (χ2v) is 6.93. The smallest absolute Gasteiger partial charge is 0.122 e. The average Bonchev–Trinajstić information content (AvgIpc) is 2.58. The third-order valence-corrected chi connectivity index (χ3v) is 5.03. The van der Waals surface area contributed by atoms with Crippen LogP contribution in [0.4, 0.5) is 5.69 Å². The van der Waals surface area contributed by atoms with Gasteiger partial charge in [0.2, 0.25) is 0 Å². The molecule has 3 nitrogen and oxygen atoms in total. The van der Waals surface area contributed by atoms with Crippen LogP contribution >= 0.6 is 11.6 Å². The molecule has 0 aliphatic carbocycles. The van der Waals surface area contributed by atoms with E-state index in [1.54, 1.807) is 7.11 Å². The predicted octanol–water partition coefficient (Wildman–Crippen LogP) is 4.29. The zero-order valence-corrected chi connectivity index (χ0v) is 15.4. The van der Waals surface area contributed by atoms with Crippen LogP contribution in [0.3, 0.4) is 0 Å². The molecule has 4 heteroatoms. The van der Waals surface area contributed by atoms with Gasteiger partial charge in [-0.3, -0.25) is 4.90 Å². The van der Waals surface area contributed by atoms with Crippen molar-refractivity contribution in [1.29, 1.82) is 0 Å². The van der Waals surface area contributed by atoms with Gasteiger partial charge in [0.1, 0.15) is 5.75 Å². The molecule has 0 amide bonds. The number of halogens is 1. The highest BCUT2D eigenvalue weighted by molar-refractivity contribution is 6.30. The van der Waals surface area contributed by atoms with Crippen LogP contribution in [0, 0.1) is 13.8 Å². The highest BCUT2D eigenvalue weighted by Gasteiger charge is 2.18. The standard InChI is InChI=1S/C20H25ClN2O/c1-15-12-20(24-3)16(2)11-17(15)14-22-7-9-23(10-8-22)19-6-4-5-18(21)13-19/h4-6,11-13H,7-10,14H2,1-3H3. The highest BCUT2D eigenvalue weighted by Crippen LogP contribution is 2.25. The number of ether oxygens (including phenoxy) is 1. The van der Waals surface area contributed by atoms with E-state index in [1.807, 2.05) is 18.2 Å². The van der Waals surface area contributed by atoms with Crippen molar-refractivity contribution in [1.82, 2.24) is 4.90 Å². The first kappa shape index (κ1) is 17.1. The predicted molar refractivity (Wildman–Crippen MR) is 101 cm³/mol. The molecule has 2 aromatic carbocycles. The molecular formula is C20H25ClN2O. The van der Waals surface area contributed by atoms with Crippen LogP contribution in [0.15, 0.2) is 36.4 Å². The van der Waals surface area contributed by atoms with E-state index in [1.165, 1.54) is 22.4 Å². The Morgan fingerprint density at radius 1 is 1.00 bits per heavy atom. The monoisotopic (exact) mass is 344 g/mol. The summed E-state index contributed by atoms with van der Waals surface area (Å²) in [5.41, 5.74) is 5.12. The molecule has 1 aliphatic rings. The van der Waals surface area contributed by atoms with E-state index in [2.05, 4.69) is 41.8 Å². The Labute approximate surface area is 149 Å². The number of hydrogen-bond acceptors (Lipinski definition) is 3. The Morgan fingerprint density at radius 3 is 2.42 bits per heavy atom. The Kier molecular flexibility index (Phi) is 5.32. The van der Waals surface area contributed by atoms with Gasteiger partial charge < -0.3 is 9.64 Å². The first-order chi connectivity index (χ1) is 11.6. The van der Waals surface area contributed by atoms with Crippen molar-refractivity contribution in [2.24, 2.45) is 0 Å². The first-order valence-corrected chi connectivity index (χ1v) is 8.81. The van der Waals surface area contributed by atoms with Crippen molar-refractivity contribution in [2.75, 3.05) is 38.2 Å². The number of piperazine rings is 1. The molecule has 1 fully saturated rings. The lowest BCUT2D eigenvalue weighted by atomic mass is 10.0. The zero-order chi connectivity index (χ0) is 17.1. The van der Waals surface area contributed by atoms with Crippen LogP contribution in [0.1, 0.15) is 16.7 Å². The summed E-state index contributed by atoms with van der Waals surface area (Å²) in [5.74, 6) is 0.974. The maximum Gasteiger partial charge on any atom is 0.122 e. The normalized spacial score (nSPS) is 15.6. The van der Waals surface area contributed by atoms with Gasteiger partial charge in [0.25, 0.3) is 0 Å². The van der Waals surface area contributed by atoms with Crippen LogP contribution < -0.4 is 9.64 Å². The van der Waals surface area contributed by atoms with Gasteiger partial charge in [-0.2, -0.15) is 0 Å². The fourth-order valence-electron chi connectivity index (χ4n) is 3.32. The summed E-state index contributed by atoms with van der Waals surface area (Å²) < 4.78 is 5.41. The molecule has 2 aromatic rings. The molecule has 0 N–H and O–H groups in total. The Balaban J connectivity index is 1.62. The Bertz CT molecular complexity index is 709. The summed E-state index contributed by atoms with van der Waals surface area (Å²) in [4.78, 5) is 4.93. The molecule has 0 atom stereocenters. The lowest BCUT2D eigenvalue weighted by Gasteiger charge is -2.36. The van der Waals surface area contributed by atoms with Crippen LogP contribution in [-0.2, 0) is 6.54 Å². The Morgan fingerprint density at radius 2 is 1.75 bits per heavy atom. The molecule has 0 aromatic heterocycles. The SMILES string of the molecule is COc1cc(C)c(CN2CCN(c3cccc(Cl)c3)CC2)cc1C. The van der Waals surface area contributed by atoms with Gasteiger partial charge in [0.15, 0.2) is 0 Å². The second kappa shape index (κ2) is 7.45. The van der Waals surface area contributed by atoms with Crippen molar-refractivity contribution in [3.05, 3.63) is 58.1 Å². The summed E-state index contributed by atoms with van der Waals surface area (Å²) in [6.07, 6.45) is 0. The average molecular weight is 345 g/mol. The molecule has 1 heterocycles. The fraction of sp³-hybridized carbons (Fsp3) is 0.400. The quantitative estimate of drug-likeness (QED) is 0.823. The number of nitrogens with zero attached hydrogens (tertiary/aromatic N) is 2. The molecule has 1 saturated heterocycles. The minimum atomic E-state index is 0.805. The molecule has 0 radical (unpaired) electrons. The van der Waals surface area contributed by atoms with Gasteiger partial charge in [-0.25, -0.2) is 0 Å². The summed E-state index contributed by atoms with van der Waals surface area (Å²) >= 11 is 6.11. The summed E-state index contributed by atoms with van der Waals surface area (Å²) in [5, 5.41) is 0.805. The summed E-state index contributed by atoms with van der Waals surface area (Å²) in [7, 11) is 1.73. The lowest BCUT2D eigenvalue weighted by molar-refractivity contribution is 0.249. The van der Waals surface area contributed by atoms with Gasteiger partial charge in [-0.15, -0.1) is 0 Å². The van der Waals surface area contributed by atoms with Gasteiger partial charge >= 0.3 is 0 Å². The van der Waals surface area contributed by atoms with E-state index in [-0.39, 0.29) is 0 Å². The molecule has 128 valence electrons. The van der Waals surface area contributed by atoms with Gasteiger partial charge in [0.05, 0.1) is 7.11 Å². The van der Waals surface area contributed by atoms with E-state index >= 15 is 0 Å². The molecular weight excluding hydrogens is 320 g/mol. The maximum absolute atomic E-state index is 6.11. The largest absolute Gasteiger partial charge is 0.496 e. The van der Waals surface area contributed by atoms with Crippen LogP contribution in [0.25, 0.3) is 0 Å². The van der Waals surface area contributed by atoms with E-state index in [0.29, 0.717) is 0 Å². The van der Waals surface area contributed by atoms with Crippen molar-refractivity contribution in [3.8, 4) is 5.75 Å². The van der Waals surface area contributed by atoms with E-state index in [0.717, 1.165) is 43.5 Å². The third-order valence-electron chi connectivity index (χ3n) is 4.79. The van der Waals surface area contributed by atoms with Crippen molar-refractivity contribution < 1.29 is 4.74 Å². The minimum Gasteiger partial charge on any atom is -0.496 e. The molecule has 0 spiro atoms. The van der Waals surface area contributed by atoms with Gasteiger partial charge in [0, 0.05) is 43.4 Å². The molecule has 3 rings (SSSR count). The number of hydrogen-bond donors (Lipinski definition) is 0. The second-order valence-electron chi connectivity index (χ2n) is 6.49. The number of rotatable bonds is 4. The molecule has 0 bridgehead atoms. The van der Waals surface area contributed by atoms with Crippen LogP contribution in [0.5, 0.6) is 5.75 Å². The number of anilines is 1. The Hall–Kier alpha value is -1.71. The number of aryl methyl sites for hydroxylation is 2. The van der Waals surface area contributed by atoms with E-state index < -0.39 is 0 Å². The van der Waals surface area contributed by atoms with Crippen molar-refractivity contribution >= 4 is 17.3 Å². The molecule has 24 heavy (non-hydrogen) atoms. The topological polar surface area (TPSA) is 15.7 Å². The summed E-state index contributed by atoms with van der Waals surface area (Å²) in [6.45, 7) is 9.48. The van der Waals surface area contributed by atoms with Gasteiger partial charge in [-0.1, -0.05) is 23.7 Å². The lowest BCUT2D eigenvalue weighted by Crippen LogP contribution is -2.46. The van der Waals surface area contributed by atoms with Crippen molar-refractivity contribution in [2.45, 2.75) is 20.4 Å². The maximum atomic E-state index is 6.11. The van der Waals surface area contributed by atoms with Crippen LogP contribution in [0.2, 0.25) is 5.02 Å². The zero-order valence-electron chi connectivity index (χ0n) is 14.7. The van der Waals surface area contributed by atoms with Crippen LogP contribution in [-0.4, -0.2) is 38.2 Å². The van der Waals surface area contributed by atoms with E-state index in [4.69, 9.17) is 16.3 Å².